The zero-order chi connectivity index (χ0) is 22.1. The van der Waals surface area contributed by atoms with Gasteiger partial charge in [0.2, 0.25) is 0 Å². The van der Waals surface area contributed by atoms with Crippen LogP contribution in [0.2, 0.25) is 0 Å². The van der Waals surface area contributed by atoms with Crippen molar-refractivity contribution in [3.05, 3.63) is 0 Å². The largest absolute Gasteiger partial charge is 0.378 e. The van der Waals surface area contributed by atoms with Crippen LogP contribution in [0.25, 0.3) is 0 Å². The summed E-state index contributed by atoms with van der Waals surface area (Å²) in [5.74, 6) is 5.06. The van der Waals surface area contributed by atoms with E-state index in [1.165, 1.54) is 0 Å². The van der Waals surface area contributed by atoms with Gasteiger partial charge in [0.05, 0.1) is 57.9 Å². The fourth-order valence-electron chi connectivity index (χ4n) is 2.86. The molecule has 174 valence electrons. The molecule has 0 aromatic heterocycles. The fourth-order valence-corrected chi connectivity index (χ4v) is 2.86. The zero-order valence-corrected chi connectivity index (χ0v) is 19.6. The molecule has 0 fully saturated rings. The van der Waals surface area contributed by atoms with Crippen LogP contribution in [0, 0.1) is 5.41 Å². The van der Waals surface area contributed by atoms with Gasteiger partial charge in [-0.1, -0.05) is 31.9 Å². The third-order valence-corrected chi connectivity index (χ3v) is 4.86. The van der Waals surface area contributed by atoms with Crippen molar-refractivity contribution in [3.63, 3.8) is 0 Å². The molecular formula is C21H46N4O4. The van der Waals surface area contributed by atoms with E-state index < -0.39 is 0 Å². The van der Waals surface area contributed by atoms with Crippen LogP contribution in [0.15, 0.2) is 10.3 Å². The number of ether oxygens (including phenoxy) is 4. The molecule has 8 heteroatoms. The van der Waals surface area contributed by atoms with E-state index in [9.17, 15) is 0 Å². The van der Waals surface area contributed by atoms with Gasteiger partial charge in [-0.05, 0) is 40.5 Å². The summed E-state index contributed by atoms with van der Waals surface area (Å²) in [4.78, 5) is 0. The molecule has 0 aliphatic rings. The van der Waals surface area contributed by atoms with Gasteiger partial charge in [0, 0.05) is 11.5 Å². The Morgan fingerprint density at radius 2 is 1.41 bits per heavy atom. The van der Waals surface area contributed by atoms with Gasteiger partial charge >= 0.3 is 0 Å². The van der Waals surface area contributed by atoms with Crippen molar-refractivity contribution in [1.82, 2.24) is 0 Å². The van der Waals surface area contributed by atoms with Crippen molar-refractivity contribution in [2.45, 2.75) is 91.5 Å². The van der Waals surface area contributed by atoms with Crippen LogP contribution in [-0.2, 0) is 18.9 Å². The maximum absolute atomic E-state index is 6.05. The van der Waals surface area contributed by atoms with Crippen molar-refractivity contribution < 1.29 is 18.9 Å². The number of nitrogens with zero attached hydrogens (tertiary/aromatic N) is 2. The average molecular weight is 419 g/mol. The van der Waals surface area contributed by atoms with Gasteiger partial charge in [0.1, 0.15) is 0 Å². The molecule has 0 aromatic rings. The molecule has 0 saturated heterocycles. The zero-order valence-electron chi connectivity index (χ0n) is 19.6. The van der Waals surface area contributed by atoms with Crippen LogP contribution in [-0.4, -0.2) is 63.9 Å². The van der Waals surface area contributed by atoms with Gasteiger partial charge < -0.3 is 30.5 Å². The van der Waals surface area contributed by atoms with E-state index in [-0.39, 0.29) is 29.7 Å². The molecule has 5 unspecified atom stereocenters. The first-order valence-electron chi connectivity index (χ1n) is 11.0. The van der Waals surface area contributed by atoms with Gasteiger partial charge in [-0.2, -0.15) is 5.11 Å². The van der Waals surface area contributed by atoms with Crippen LogP contribution in [0.1, 0.15) is 67.2 Å². The summed E-state index contributed by atoms with van der Waals surface area (Å²) in [7, 11) is 0. The molecule has 0 heterocycles. The Morgan fingerprint density at radius 1 is 0.862 bits per heavy atom. The third-order valence-electron chi connectivity index (χ3n) is 4.86. The highest BCUT2D eigenvalue weighted by atomic mass is 16.5. The van der Waals surface area contributed by atoms with Gasteiger partial charge in [-0.15, -0.1) is 0 Å². The fraction of sp³-hybridized carbons (Fsp3) is 1.00. The molecule has 0 aromatic carbocycles. The molecule has 5 atom stereocenters. The number of nitrogens with two attached hydrogens (primary N) is 2. The molecule has 4 N–H and O–H groups in total. The number of rotatable bonds is 19. The molecule has 0 spiro atoms. The van der Waals surface area contributed by atoms with Crippen molar-refractivity contribution in [2.75, 3.05) is 39.6 Å². The predicted octanol–water partition coefficient (Wildman–Crippen LogP) is 3.48. The minimum Gasteiger partial charge on any atom is -0.378 e. The van der Waals surface area contributed by atoms with E-state index in [1.807, 2.05) is 27.7 Å². The standard InChI is InChI=1S/C21H46N4O4/c1-7-9-10-21(8-2,15-26-13-19(5)28-11-17(3)22)16-27-14-20(6)29-12-18(4)24-25-23/h17-20H,7-16,22H2,1-6H3,(H2,23,24). The normalized spacial score (nSPS) is 18.4. The SMILES string of the molecule is CCCCC(CC)(COCC(C)OCC(C)N)COCC(C)OCC(C)N=NN. The van der Waals surface area contributed by atoms with E-state index in [1.54, 1.807) is 0 Å². The molecule has 0 bridgehead atoms. The topological polar surface area (TPSA) is 114 Å². The van der Waals surface area contributed by atoms with E-state index in [0.29, 0.717) is 39.6 Å². The molecule has 29 heavy (non-hydrogen) atoms. The molecule has 0 aliphatic carbocycles. The second kappa shape index (κ2) is 16.9. The van der Waals surface area contributed by atoms with E-state index in [0.717, 1.165) is 25.7 Å². The van der Waals surface area contributed by atoms with Gasteiger partial charge in [-0.3, -0.25) is 0 Å². The second-order valence-electron chi connectivity index (χ2n) is 8.33. The van der Waals surface area contributed by atoms with Crippen molar-refractivity contribution in [1.29, 1.82) is 0 Å². The van der Waals surface area contributed by atoms with Crippen LogP contribution < -0.4 is 11.6 Å². The lowest BCUT2D eigenvalue weighted by Gasteiger charge is -2.33. The minimum absolute atomic E-state index is 0.0116. The Labute approximate surface area is 178 Å². The first-order chi connectivity index (χ1) is 13.8. The number of hydrogen-bond acceptors (Lipinski definition) is 7. The van der Waals surface area contributed by atoms with Crippen molar-refractivity contribution >= 4 is 0 Å². The van der Waals surface area contributed by atoms with Crippen molar-refractivity contribution in [3.8, 4) is 0 Å². The summed E-state index contributed by atoms with van der Waals surface area (Å²) in [6.07, 6.45) is 4.42. The summed E-state index contributed by atoms with van der Waals surface area (Å²) >= 11 is 0. The summed E-state index contributed by atoms with van der Waals surface area (Å²) in [6.45, 7) is 15.7. The van der Waals surface area contributed by atoms with Crippen LogP contribution >= 0.6 is 0 Å². The maximum Gasteiger partial charge on any atom is 0.0934 e. The Morgan fingerprint density at radius 3 is 1.86 bits per heavy atom. The predicted molar refractivity (Wildman–Crippen MR) is 117 cm³/mol. The highest BCUT2D eigenvalue weighted by Crippen LogP contribution is 2.30. The first-order valence-corrected chi connectivity index (χ1v) is 11.0. The average Bonchev–Trinajstić information content (AvgIpc) is 2.68. The van der Waals surface area contributed by atoms with Gasteiger partial charge in [0.25, 0.3) is 0 Å². The summed E-state index contributed by atoms with van der Waals surface area (Å²) in [6, 6.07) is -0.0164. The lowest BCUT2D eigenvalue weighted by atomic mass is 9.81. The number of hydrogen-bond donors (Lipinski definition) is 2. The summed E-state index contributed by atoms with van der Waals surface area (Å²) in [5.41, 5.74) is 5.75. The van der Waals surface area contributed by atoms with Gasteiger partial charge in [-0.25, -0.2) is 0 Å². The lowest BCUT2D eigenvalue weighted by molar-refractivity contribution is -0.0789. The highest BCUT2D eigenvalue weighted by Gasteiger charge is 2.29. The molecule has 0 radical (unpaired) electrons. The third kappa shape index (κ3) is 14.8. The first kappa shape index (κ1) is 28.2. The van der Waals surface area contributed by atoms with E-state index >= 15 is 0 Å². The summed E-state index contributed by atoms with van der Waals surface area (Å²) < 4.78 is 23.5. The van der Waals surface area contributed by atoms with Crippen LogP contribution in [0.5, 0.6) is 0 Å². The quantitative estimate of drug-likeness (QED) is 0.189. The molecule has 0 rings (SSSR count). The van der Waals surface area contributed by atoms with Crippen molar-refractivity contribution in [2.24, 2.45) is 27.3 Å². The monoisotopic (exact) mass is 418 g/mol. The maximum atomic E-state index is 6.05. The van der Waals surface area contributed by atoms with Crippen LogP contribution in [0.4, 0.5) is 0 Å². The smallest absolute Gasteiger partial charge is 0.0934 e. The van der Waals surface area contributed by atoms with E-state index in [4.69, 9.17) is 30.5 Å². The molecular weight excluding hydrogens is 372 g/mol. The molecule has 8 nitrogen and oxygen atoms in total. The Hall–Kier alpha value is -0.800. The lowest BCUT2D eigenvalue weighted by Crippen LogP contribution is -2.35. The highest BCUT2D eigenvalue weighted by molar-refractivity contribution is 4.78. The van der Waals surface area contributed by atoms with Crippen LogP contribution in [0.3, 0.4) is 0 Å². The molecule has 0 amide bonds. The summed E-state index contributed by atoms with van der Waals surface area (Å²) in [5, 5.41) is 7.13. The van der Waals surface area contributed by atoms with Gasteiger partial charge in [0.15, 0.2) is 0 Å². The minimum atomic E-state index is -0.0541. The Balaban J connectivity index is 4.43. The molecule has 0 aliphatic heterocycles. The molecule has 0 saturated carbocycles. The number of unbranched alkanes of at least 4 members (excludes halogenated alkanes) is 1. The van der Waals surface area contributed by atoms with E-state index in [2.05, 4.69) is 24.2 Å². The second-order valence-corrected chi connectivity index (χ2v) is 8.33. The Kier molecular flexibility index (Phi) is 16.5. The Bertz CT molecular complexity index is 412.